The van der Waals surface area contributed by atoms with Gasteiger partial charge in [-0.05, 0) is 36.2 Å². The lowest BCUT2D eigenvalue weighted by Gasteiger charge is -2.08. The number of methoxy groups -OCH3 is 2. The van der Waals surface area contributed by atoms with Gasteiger partial charge in [0.15, 0.2) is 11.5 Å². The van der Waals surface area contributed by atoms with Crippen LogP contribution in [-0.4, -0.2) is 26.8 Å². The normalized spacial score (nSPS) is 10.6. The number of hydrogen-bond acceptors (Lipinski definition) is 4. The highest BCUT2D eigenvalue weighted by atomic mass is 16.5. The fraction of sp³-hybridized carbons (Fsp3) is 0.211. The molecule has 120 valence electrons. The number of carbonyl (C=O) groups excluding carboxylic acids is 1. The lowest BCUT2D eigenvalue weighted by Crippen LogP contribution is -2.06. The quantitative estimate of drug-likeness (QED) is 0.596. The van der Waals surface area contributed by atoms with Gasteiger partial charge in [-0.3, -0.25) is 0 Å². The van der Waals surface area contributed by atoms with Gasteiger partial charge in [0.05, 0.1) is 26.4 Å². The van der Waals surface area contributed by atoms with Crippen molar-refractivity contribution in [2.75, 3.05) is 20.8 Å². The van der Waals surface area contributed by atoms with Gasteiger partial charge in [-0.1, -0.05) is 36.4 Å². The Balaban J connectivity index is 2.29. The summed E-state index contributed by atoms with van der Waals surface area (Å²) in [5.41, 5.74) is 2.30. The second kappa shape index (κ2) is 8.03. The molecular weight excluding hydrogens is 292 g/mol. The number of carbonyl (C=O) groups is 1. The number of esters is 1. The Labute approximate surface area is 136 Å². The maximum absolute atomic E-state index is 12.0. The molecule has 0 bridgehead atoms. The monoisotopic (exact) mass is 312 g/mol. The van der Waals surface area contributed by atoms with E-state index in [4.69, 9.17) is 14.2 Å². The molecule has 2 aromatic carbocycles. The summed E-state index contributed by atoms with van der Waals surface area (Å²) in [4.78, 5) is 12.0. The van der Waals surface area contributed by atoms with E-state index in [2.05, 4.69) is 0 Å². The first-order chi connectivity index (χ1) is 11.2. The largest absolute Gasteiger partial charge is 0.493 e. The van der Waals surface area contributed by atoms with Crippen LogP contribution in [-0.2, 0) is 4.74 Å². The molecule has 0 N–H and O–H groups in total. The van der Waals surface area contributed by atoms with Gasteiger partial charge in [-0.15, -0.1) is 0 Å². The predicted octanol–water partition coefficient (Wildman–Crippen LogP) is 4.05. The molecule has 0 aliphatic rings. The van der Waals surface area contributed by atoms with Crippen LogP contribution in [0.3, 0.4) is 0 Å². The Morgan fingerprint density at radius 1 is 1.00 bits per heavy atom. The molecule has 2 rings (SSSR count). The molecule has 4 heteroatoms. The van der Waals surface area contributed by atoms with E-state index < -0.39 is 0 Å². The molecule has 23 heavy (non-hydrogen) atoms. The van der Waals surface area contributed by atoms with Crippen molar-refractivity contribution in [2.24, 2.45) is 0 Å². The van der Waals surface area contributed by atoms with Gasteiger partial charge in [0.1, 0.15) is 0 Å². The molecule has 0 saturated carbocycles. The number of hydrogen-bond donors (Lipinski definition) is 0. The number of benzene rings is 2. The minimum absolute atomic E-state index is 0.319. The maximum atomic E-state index is 12.0. The molecule has 0 fully saturated rings. The fourth-order valence-corrected chi connectivity index (χ4v) is 2.18. The highest BCUT2D eigenvalue weighted by Gasteiger charge is 2.09. The van der Waals surface area contributed by atoms with Crippen LogP contribution >= 0.6 is 0 Å². The first-order valence-electron chi connectivity index (χ1n) is 7.35. The first-order valence-corrected chi connectivity index (χ1v) is 7.35. The summed E-state index contributed by atoms with van der Waals surface area (Å²) < 4.78 is 15.6. The molecular formula is C19H20O4. The average Bonchev–Trinajstić information content (AvgIpc) is 2.60. The molecule has 0 aromatic heterocycles. The van der Waals surface area contributed by atoms with Crippen LogP contribution in [0.1, 0.15) is 28.4 Å². The van der Waals surface area contributed by atoms with E-state index in [0.29, 0.717) is 23.7 Å². The van der Waals surface area contributed by atoms with Gasteiger partial charge in [0, 0.05) is 0 Å². The standard InChI is InChI=1S/C19H20O4/c1-4-23-19(20)16-8-6-5-7-15(16)11-9-14-10-12-17(21-2)18(13-14)22-3/h5-13H,4H2,1-3H3. The van der Waals surface area contributed by atoms with Gasteiger partial charge in [-0.2, -0.15) is 0 Å². The maximum Gasteiger partial charge on any atom is 0.338 e. The smallest absolute Gasteiger partial charge is 0.338 e. The van der Waals surface area contributed by atoms with Crippen molar-refractivity contribution in [2.45, 2.75) is 6.92 Å². The van der Waals surface area contributed by atoms with Gasteiger partial charge in [0.25, 0.3) is 0 Å². The van der Waals surface area contributed by atoms with Gasteiger partial charge >= 0.3 is 5.97 Å². The van der Waals surface area contributed by atoms with E-state index in [1.54, 1.807) is 27.2 Å². The summed E-state index contributed by atoms with van der Waals surface area (Å²) in [5, 5.41) is 0. The van der Waals surface area contributed by atoms with Crippen LogP contribution in [0.15, 0.2) is 42.5 Å². The molecule has 0 atom stereocenters. The molecule has 0 saturated heterocycles. The zero-order chi connectivity index (χ0) is 16.7. The summed E-state index contributed by atoms with van der Waals surface area (Å²) in [6.07, 6.45) is 3.80. The summed E-state index contributed by atoms with van der Waals surface area (Å²) in [7, 11) is 3.20. The van der Waals surface area contributed by atoms with Crippen LogP contribution in [0.4, 0.5) is 0 Å². The highest BCUT2D eigenvalue weighted by Crippen LogP contribution is 2.28. The Hall–Kier alpha value is -2.75. The second-order valence-corrected chi connectivity index (χ2v) is 4.76. The fourth-order valence-electron chi connectivity index (χ4n) is 2.18. The average molecular weight is 312 g/mol. The third-order valence-corrected chi connectivity index (χ3v) is 3.32. The third-order valence-electron chi connectivity index (χ3n) is 3.32. The lowest BCUT2D eigenvalue weighted by atomic mass is 10.1. The van der Waals surface area contributed by atoms with Crippen molar-refractivity contribution in [3.05, 3.63) is 59.2 Å². The molecule has 0 unspecified atom stereocenters. The van der Waals surface area contributed by atoms with Crippen LogP contribution in [0, 0.1) is 0 Å². The number of rotatable bonds is 6. The minimum Gasteiger partial charge on any atom is -0.493 e. The minimum atomic E-state index is -0.319. The van der Waals surface area contributed by atoms with Gasteiger partial charge < -0.3 is 14.2 Å². The molecule has 0 aliphatic carbocycles. The van der Waals surface area contributed by atoms with E-state index in [9.17, 15) is 4.79 Å². The van der Waals surface area contributed by atoms with Crippen molar-refractivity contribution in [3.8, 4) is 11.5 Å². The van der Waals surface area contributed by atoms with E-state index in [1.807, 2.05) is 48.6 Å². The van der Waals surface area contributed by atoms with Crippen molar-refractivity contribution in [1.82, 2.24) is 0 Å². The molecule has 2 aromatic rings. The van der Waals surface area contributed by atoms with Crippen LogP contribution < -0.4 is 9.47 Å². The van der Waals surface area contributed by atoms with E-state index in [1.165, 1.54) is 0 Å². The molecule has 0 spiro atoms. The topological polar surface area (TPSA) is 44.8 Å². The van der Waals surface area contributed by atoms with Crippen molar-refractivity contribution < 1.29 is 19.0 Å². The predicted molar refractivity (Wildman–Crippen MR) is 90.9 cm³/mol. The summed E-state index contributed by atoms with van der Waals surface area (Å²) in [6, 6.07) is 13.0. The van der Waals surface area contributed by atoms with Crippen molar-refractivity contribution >= 4 is 18.1 Å². The summed E-state index contributed by atoms with van der Waals surface area (Å²) >= 11 is 0. The molecule has 0 heterocycles. The van der Waals surface area contributed by atoms with Gasteiger partial charge in [0.2, 0.25) is 0 Å². The second-order valence-electron chi connectivity index (χ2n) is 4.76. The zero-order valence-electron chi connectivity index (χ0n) is 13.5. The van der Waals surface area contributed by atoms with Crippen molar-refractivity contribution in [3.63, 3.8) is 0 Å². The highest BCUT2D eigenvalue weighted by molar-refractivity contribution is 5.94. The number of ether oxygens (including phenoxy) is 3. The van der Waals surface area contributed by atoms with Crippen LogP contribution in [0.25, 0.3) is 12.2 Å². The van der Waals surface area contributed by atoms with Crippen LogP contribution in [0.2, 0.25) is 0 Å². The van der Waals surface area contributed by atoms with E-state index in [-0.39, 0.29) is 5.97 Å². The first kappa shape index (κ1) is 16.6. The molecule has 0 aliphatic heterocycles. The lowest BCUT2D eigenvalue weighted by molar-refractivity contribution is 0.0526. The summed E-state index contributed by atoms with van der Waals surface area (Å²) in [5.74, 6) is 1.02. The van der Waals surface area contributed by atoms with E-state index >= 15 is 0 Å². The summed E-state index contributed by atoms with van der Waals surface area (Å²) in [6.45, 7) is 2.15. The SMILES string of the molecule is CCOC(=O)c1ccccc1C=Cc1ccc(OC)c(OC)c1. The van der Waals surface area contributed by atoms with E-state index in [0.717, 1.165) is 11.1 Å². The van der Waals surface area contributed by atoms with Crippen molar-refractivity contribution in [1.29, 1.82) is 0 Å². The molecule has 4 nitrogen and oxygen atoms in total. The van der Waals surface area contributed by atoms with Crippen LogP contribution in [0.5, 0.6) is 11.5 Å². The Morgan fingerprint density at radius 3 is 2.43 bits per heavy atom. The molecule has 0 radical (unpaired) electrons. The zero-order valence-corrected chi connectivity index (χ0v) is 13.5. The Kier molecular flexibility index (Phi) is 5.80. The third kappa shape index (κ3) is 4.13. The van der Waals surface area contributed by atoms with Gasteiger partial charge in [-0.25, -0.2) is 4.79 Å². The Morgan fingerprint density at radius 2 is 1.74 bits per heavy atom. The Bertz CT molecular complexity index is 704. The molecule has 0 amide bonds.